The zero-order valence-corrected chi connectivity index (χ0v) is 11.8. The van der Waals surface area contributed by atoms with Crippen LogP contribution in [0.25, 0.3) is 0 Å². The van der Waals surface area contributed by atoms with Crippen LogP contribution in [0, 0.1) is 0 Å². The van der Waals surface area contributed by atoms with Gasteiger partial charge in [0.25, 0.3) is 5.91 Å². The van der Waals surface area contributed by atoms with E-state index < -0.39 is 11.9 Å². The summed E-state index contributed by atoms with van der Waals surface area (Å²) in [5.41, 5.74) is 4.72. The maximum atomic E-state index is 12.4. The standard InChI is InChI=1S/C12H12F3N3O2S/c1-18(11(19)7-2-8(3-16)20-5-7)4-10-17-9(6-21-10)12(13,14)15/h2,5-6H,3-4,16H2,1H3. The molecule has 0 spiro atoms. The van der Waals surface area contributed by atoms with Crippen LogP contribution < -0.4 is 5.73 Å². The number of hydrogen-bond donors (Lipinski definition) is 1. The number of nitrogens with two attached hydrogens (primary N) is 1. The van der Waals surface area contributed by atoms with Crippen molar-refractivity contribution in [1.82, 2.24) is 9.88 Å². The second-order valence-corrected chi connectivity index (χ2v) is 5.23. The first kappa shape index (κ1) is 15.5. The monoisotopic (exact) mass is 319 g/mol. The Morgan fingerprint density at radius 1 is 1.52 bits per heavy atom. The highest BCUT2D eigenvalue weighted by Crippen LogP contribution is 2.30. The number of carbonyl (C=O) groups is 1. The highest BCUT2D eigenvalue weighted by atomic mass is 32.1. The quantitative estimate of drug-likeness (QED) is 0.940. The predicted octanol–water partition coefficient (Wildman–Crippen LogP) is 2.49. The van der Waals surface area contributed by atoms with Gasteiger partial charge in [-0.25, -0.2) is 4.98 Å². The number of hydrogen-bond acceptors (Lipinski definition) is 5. The van der Waals surface area contributed by atoms with Gasteiger partial charge in [0.1, 0.15) is 17.0 Å². The van der Waals surface area contributed by atoms with E-state index in [0.29, 0.717) is 11.3 Å². The number of nitrogens with zero attached hydrogens (tertiary/aromatic N) is 2. The van der Waals surface area contributed by atoms with Gasteiger partial charge in [-0.1, -0.05) is 0 Å². The second kappa shape index (κ2) is 5.86. The van der Waals surface area contributed by atoms with Crippen molar-refractivity contribution in [2.24, 2.45) is 5.73 Å². The third-order valence-electron chi connectivity index (χ3n) is 2.66. The lowest BCUT2D eigenvalue weighted by molar-refractivity contribution is -0.140. The van der Waals surface area contributed by atoms with Gasteiger partial charge in [-0.3, -0.25) is 4.79 Å². The van der Waals surface area contributed by atoms with Crippen molar-refractivity contribution in [3.63, 3.8) is 0 Å². The van der Waals surface area contributed by atoms with Gasteiger partial charge in [-0.05, 0) is 6.07 Å². The van der Waals surface area contributed by atoms with Crippen LogP contribution in [0.1, 0.15) is 26.8 Å². The Kier molecular flexibility index (Phi) is 4.33. The van der Waals surface area contributed by atoms with Crippen molar-refractivity contribution in [3.05, 3.63) is 39.7 Å². The fourth-order valence-electron chi connectivity index (χ4n) is 1.61. The number of aromatic nitrogens is 1. The Morgan fingerprint density at radius 3 is 2.76 bits per heavy atom. The molecule has 0 radical (unpaired) electrons. The van der Waals surface area contributed by atoms with Crippen LogP contribution in [-0.2, 0) is 19.3 Å². The number of rotatable bonds is 4. The minimum Gasteiger partial charge on any atom is -0.467 e. The van der Waals surface area contributed by atoms with Gasteiger partial charge in [0.05, 0.1) is 18.7 Å². The van der Waals surface area contributed by atoms with E-state index >= 15 is 0 Å². The molecule has 0 aliphatic carbocycles. The SMILES string of the molecule is CN(Cc1nc(C(F)(F)F)cs1)C(=O)c1coc(CN)c1. The molecule has 2 heterocycles. The number of amides is 1. The number of thiazole rings is 1. The van der Waals surface area contributed by atoms with Crippen LogP contribution in [0.15, 0.2) is 22.1 Å². The molecule has 0 atom stereocenters. The molecule has 5 nitrogen and oxygen atoms in total. The smallest absolute Gasteiger partial charge is 0.434 e. The van der Waals surface area contributed by atoms with Gasteiger partial charge in [-0.15, -0.1) is 11.3 Å². The summed E-state index contributed by atoms with van der Waals surface area (Å²) in [6.07, 6.45) is -3.21. The normalized spacial score (nSPS) is 11.7. The lowest BCUT2D eigenvalue weighted by atomic mass is 10.2. The lowest BCUT2D eigenvalue weighted by Gasteiger charge is -2.14. The maximum Gasteiger partial charge on any atom is 0.434 e. The Balaban J connectivity index is 2.05. The highest BCUT2D eigenvalue weighted by Gasteiger charge is 2.33. The van der Waals surface area contributed by atoms with Crippen molar-refractivity contribution >= 4 is 17.2 Å². The summed E-state index contributed by atoms with van der Waals surface area (Å²) in [6.45, 7) is 0.154. The Morgan fingerprint density at radius 2 is 2.24 bits per heavy atom. The molecule has 0 saturated carbocycles. The molecule has 0 fully saturated rings. The van der Waals surface area contributed by atoms with E-state index in [1.807, 2.05) is 0 Å². The molecular weight excluding hydrogens is 307 g/mol. The number of alkyl halides is 3. The van der Waals surface area contributed by atoms with E-state index in [2.05, 4.69) is 4.98 Å². The predicted molar refractivity (Wildman–Crippen MR) is 69.5 cm³/mol. The fraction of sp³-hybridized carbons (Fsp3) is 0.333. The van der Waals surface area contributed by atoms with Crippen molar-refractivity contribution < 1.29 is 22.4 Å². The molecule has 0 aliphatic rings. The molecule has 2 aromatic rings. The number of furan rings is 1. The van der Waals surface area contributed by atoms with Crippen LogP contribution in [-0.4, -0.2) is 22.8 Å². The van der Waals surface area contributed by atoms with Crippen LogP contribution >= 0.6 is 11.3 Å². The second-order valence-electron chi connectivity index (χ2n) is 4.29. The molecule has 1 amide bonds. The minimum absolute atomic E-state index is 0.0112. The molecule has 0 aliphatic heterocycles. The first-order valence-corrected chi connectivity index (χ1v) is 6.73. The van der Waals surface area contributed by atoms with Gasteiger partial charge in [0.2, 0.25) is 0 Å². The van der Waals surface area contributed by atoms with E-state index in [-0.39, 0.29) is 24.0 Å². The van der Waals surface area contributed by atoms with Crippen molar-refractivity contribution in [2.45, 2.75) is 19.3 Å². The van der Waals surface area contributed by atoms with Crippen LogP contribution in [0.3, 0.4) is 0 Å². The van der Waals surface area contributed by atoms with Gasteiger partial charge < -0.3 is 15.1 Å². The molecule has 0 aromatic carbocycles. The first-order valence-electron chi connectivity index (χ1n) is 5.86. The molecule has 0 unspecified atom stereocenters. The molecule has 9 heteroatoms. The van der Waals surface area contributed by atoms with E-state index in [1.165, 1.54) is 24.3 Å². The Hall–Kier alpha value is -1.87. The summed E-state index contributed by atoms with van der Waals surface area (Å²) in [5.74, 6) is 0.0857. The molecule has 2 aromatic heterocycles. The van der Waals surface area contributed by atoms with Gasteiger partial charge in [0, 0.05) is 12.4 Å². The Labute approximate surface area is 122 Å². The van der Waals surface area contributed by atoms with Gasteiger partial charge >= 0.3 is 6.18 Å². The maximum absolute atomic E-state index is 12.4. The average molecular weight is 319 g/mol. The Bertz CT molecular complexity index is 636. The third-order valence-corrected chi connectivity index (χ3v) is 3.50. The van der Waals surface area contributed by atoms with Crippen LogP contribution in [0.4, 0.5) is 13.2 Å². The molecular formula is C12H12F3N3O2S. The summed E-state index contributed by atoms with van der Waals surface area (Å²) in [7, 11) is 1.48. The van der Waals surface area contributed by atoms with E-state index in [1.54, 1.807) is 0 Å². The molecule has 0 saturated heterocycles. The molecule has 114 valence electrons. The van der Waals surface area contributed by atoms with Gasteiger partial charge in [0.15, 0.2) is 5.69 Å². The number of carbonyl (C=O) groups excluding carboxylic acids is 1. The summed E-state index contributed by atoms with van der Waals surface area (Å²) in [6, 6.07) is 1.50. The molecule has 0 bridgehead atoms. The molecule has 2 rings (SSSR count). The van der Waals surface area contributed by atoms with E-state index in [4.69, 9.17) is 10.2 Å². The zero-order chi connectivity index (χ0) is 15.6. The van der Waals surface area contributed by atoms with Crippen molar-refractivity contribution in [2.75, 3.05) is 7.05 Å². The zero-order valence-electron chi connectivity index (χ0n) is 11.0. The lowest BCUT2D eigenvalue weighted by Crippen LogP contribution is -2.25. The third kappa shape index (κ3) is 3.61. The molecule has 21 heavy (non-hydrogen) atoms. The van der Waals surface area contributed by atoms with E-state index in [9.17, 15) is 18.0 Å². The average Bonchev–Trinajstić information content (AvgIpc) is 3.05. The highest BCUT2D eigenvalue weighted by molar-refractivity contribution is 7.09. The van der Waals surface area contributed by atoms with Crippen LogP contribution in [0.2, 0.25) is 0 Å². The summed E-state index contributed by atoms with van der Waals surface area (Å²) in [5, 5.41) is 1.14. The minimum atomic E-state index is -4.47. The summed E-state index contributed by atoms with van der Waals surface area (Å²) >= 11 is 0.859. The van der Waals surface area contributed by atoms with Crippen molar-refractivity contribution in [1.29, 1.82) is 0 Å². The number of halogens is 3. The largest absolute Gasteiger partial charge is 0.467 e. The fourth-order valence-corrected chi connectivity index (χ4v) is 2.46. The summed E-state index contributed by atoms with van der Waals surface area (Å²) < 4.78 is 42.4. The topological polar surface area (TPSA) is 72.4 Å². The van der Waals surface area contributed by atoms with E-state index in [0.717, 1.165) is 16.7 Å². The van der Waals surface area contributed by atoms with Gasteiger partial charge in [-0.2, -0.15) is 13.2 Å². The molecule has 2 N–H and O–H groups in total. The van der Waals surface area contributed by atoms with Crippen molar-refractivity contribution in [3.8, 4) is 0 Å². The summed E-state index contributed by atoms with van der Waals surface area (Å²) in [4.78, 5) is 16.8. The first-order chi connectivity index (χ1) is 9.81. The van der Waals surface area contributed by atoms with Crippen LogP contribution in [0.5, 0.6) is 0 Å².